The summed E-state index contributed by atoms with van der Waals surface area (Å²) in [5, 5.41) is 9.04. The Balaban J connectivity index is 2.83. The van der Waals surface area contributed by atoms with Gasteiger partial charge in [-0.15, -0.1) is 0 Å². The Morgan fingerprint density at radius 3 is 2.76 bits per heavy atom. The van der Waals surface area contributed by atoms with Crippen LogP contribution in [-0.2, 0) is 11.3 Å². The summed E-state index contributed by atoms with van der Waals surface area (Å²) in [5.74, 6) is -1.39. The van der Waals surface area contributed by atoms with Crippen molar-refractivity contribution in [3.8, 4) is 0 Å². The van der Waals surface area contributed by atoms with Crippen molar-refractivity contribution in [1.82, 2.24) is 4.90 Å². The average molecular weight is 260 g/mol. The highest BCUT2D eigenvalue weighted by Crippen LogP contribution is 2.19. The monoisotopic (exact) mass is 259 g/mol. The fraction of sp³-hybridized carbons (Fsp3) is 0.417. The quantitative estimate of drug-likeness (QED) is 0.884. The standard InChI is InChI=1S/C12H15ClFNO2/c1-3-10(12(16)17)15(2)7-8-5-4-6-9(13)11(8)14/h4-6,10H,3,7H2,1-2H3,(H,16,17). The molecule has 0 aromatic heterocycles. The Morgan fingerprint density at radius 2 is 2.24 bits per heavy atom. The molecule has 0 aliphatic carbocycles. The number of likely N-dealkylation sites (N-methyl/N-ethyl adjacent to an activating group) is 1. The van der Waals surface area contributed by atoms with Gasteiger partial charge in [0, 0.05) is 12.1 Å². The summed E-state index contributed by atoms with van der Waals surface area (Å²) in [6, 6.07) is 4.10. The first kappa shape index (κ1) is 13.9. The zero-order valence-electron chi connectivity index (χ0n) is 9.78. The van der Waals surface area contributed by atoms with Crippen molar-refractivity contribution >= 4 is 17.6 Å². The molecule has 1 aromatic carbocycles. The van der Waals surface area contributed by atoms with Gasteiger partial charge in [0.15, 0.2) is 0 Å². The number of halogens is 2. The molecule has 0 heterocycles. The lowest BCUT2D eigenvalue weighted by Gasteiger charge is -2.23. The van der Waals surface area contributed by atoms with Crippen LogP contribution in [-0.4, -0.2) is 29.1 Å². The molecule has 0 amide bonds. The van der Waals surface area contributed by atoms with Gasteiger partial charge in [0.05, 0.1) is 5.02 Å². The van der Waals surface area contributed by atoms with E-state index in [1.807, 2.05) is 0 Å². The molecule has 0 saturated carbocycles. The number of carbonyl (C=O) groups is 1. The summed E-state index contributed by atoms with van der Waals surface area (Å²) in [7, 11) is 1.66. The Morgan fingerprint density at radius 1 is 1.59 bits per heavy atom. The number of aliphatic carboxylic acids is 1. The van der Waals surface area contributed by atoms with Gasteiger partial charge in [-0.2, -0.15) is 0 Å². The van der Waals surface area contributed by atoms with Crippen LogP contribution in [0.5, 0.6) is 0 Å². The first-order chi connectivity index (χ1) is 7.97. The van der Waals surface area contributed by atoms with Crippen LogP contribution in [0, 0.1) is 5.82 Å². The second-order valence-electron chi connectivity index (χ2n) is 3.89. The molecular formula is C12H15ClFNO2. The molecule has 1 aromatic rings. The number of rotatable bonds is 5. The average Bonchev–Trinajstić information content (AvgIpc) is 2.25. The normalized spacial score (nSPS) is 12.8. The van der Waals surface area contributed by atoms with Crippen LogP contribution in [0.15, 0.2) is 18.2 Å². The van der Waals surface area contributed by atoms with Gasteiger partial charge in [0.25, 0.3) is 0 Å². The van der Waals surface area contributed by atoms with Gasteiger partial charge in [-0.05, 0) is 19.5 Å². The Labute approximate surface area is 105 Å². The van der Waals surface area contributed by atoms with Gasteiger partial charge < -0.3 is 5.11 Å². The predicted octanol–water partition coefficient (Wildman–Crippen LogP) is 2.77. The van der Waals surface area contributed by atoms with Crippen molar-refractivity contribution in [2.24, 2.45) is 0 Å². The van der Waals surface area contributed by atoms with Gasteiger partial charge in [-0.1, -0.05) is 30.7 Å². The molecule has 0 saturated heterocycles. The van der Waals surface area contributed by atoms with Crippen molar-refractivity contribution in [3.05, 3.63) is 34.6 Å². The fourth-order valence-corrected chi connectivity index (χ4v) is 1.92. The lowest BCUT2D eigenvalue weighted by Crippen LogP contribution is -2.37. The number of carboxylic acid groups (broad SMARTS) is 1. The van der Waals surface area contributed by atoms with Crippen LogP contribution in [0.3, 0.4) is 0 Å². The third-order valence-corrected chi connectivity index (χ3v) is 2.95. The van der Waals surface area contributed by atoms with E-state index < -0.39 is 17.8 Å². The van der Waals surface area contributed by atoms with Gasteiger partial charge in [0.1, 0.15) is 11.9 Å². The number of hydrogen-bond donors (Lipinski definition) is 1. The molecule has 0 bridgehead atoms. The zero-order chi connectivity index (χ0) is 13.0. The van der Waals surface area contributed by atoms with Crippen molar-refractivity contribution in [1.29, 1.82) is 0 Å². The van der Waals surface area contributed by atoms with E-state index in [0.29, 0.717) is 12.0 Å². The van der Waals surface area contributed by atoms with Crippen molar-refractivity contribution in [3.63, 3.8) is 0 Å². The van der Waals surface area contributed by atoms with Crippen molar-refractivity contribution in [2.75, 3.05) is 7.05 Å². The third kappa shape index (κ3) is 3.41. The molecule has 0 radical (unpaired) electrons. The van der Waals surface area contributed by atoms with Crippen LogP contribution in [0.4, 0.5) is 4.39 Å². The third-order valence-electron chi connectivity index (χ3n) is 2.66. The zero-order valence-corrected chi connectivity index (χ0v) is 10.5. The lowest BCUT2D eigenvalue weighted by molar-refractivity contribution is -0.143. The highest BCUT2D eigenvalue weighted by atomic mass is 35.5. The maximum Gasteiger partial charge on any atom is 0.320 e. The molecule has 5 heteroatoms. The molecule has 3 nitrogen and oxygen atoms in total. The topological polar surface area (TPSA) is 40.5 Å². The molecule has 0 spiro atoms. The summed E-state index contributed by atoms with van der Waals surface area (Å²) in [5.41, 5.74) is 0.403. The van der Waals surface area contributed by atoms with E-state index in [4.69, 9.17) is 16.7 Å². The SMILES string of the molecule is CCC(C(=O)O)N(C)Cc1cccc(Cl)c1F. The summed E-state index contributed by atoms with van der Waals surface area (Å²) in [6.07, 6.45) is 0.466. The van der Waals surface area contributed by atoms with E-state index in [9.17, 15) is 9.18 Å². The van der Waals surface area contributed by atoms with Crippen molar-refractivity contribution in [2.45, 2.75) is 25.9 Å². The lowest BCUT2D eigenvalue weighted by atomic mass is 10.1. The molecule has 1 atom stereocenters. The number of hydrogen-bond acceptors (Lipinski definition) is 2. The summed E-state index contributed by atoms with van der Waals surface area (Å²) in [6.45, 7) is 2.00. The van der Waals surface area contributed by atoms with Gasteiger partial charge in [-0.25, -0.2) is 4.39 Å². The first-order valence-corrected chi connectivity index (χ1v) is 5.71. The Bertz CT molecular complexity index is 411. The summed E-state index contributed by atoms with van der Waals surface area (Å²) >= 11 is 5.66. The largest absolute Gasteiger partial charge is 0.480 e. The van der Waals surface area contributed by atoms with E-state index >= 15 is 0 Å². The van der Waals surface area contributed by atoms with Gasteiger partial charge in [0.2, 0.25) is 0 Å². The molecule has 1 rings (SSSR count). The van der Waals surface area contributed by atoms with Crippen LogP contribution in [0.2, 0.25) is 5.02 Å². The van der Waals surface area contributed by atoms with Crippen LogP contribution in [0.25, 0.3) is 0 Å². The van der Waals surface area contributed by atoms with E-state index in [-0.39, 0.29) is 11.6 Å². The first-order valence-electron chi connectivity index (χ1n) is 5.33. The highest BCUT2D eigenvalue weighted by molar-refractivity contribution is 6.30. The Hall–Kier alpha value is -1.13. The number of carboxylic acids is 1. The molecule has 0 fully saturated rings. The fourth-order valence-electron chi connectivity index (χ4n) is 1.72. The highest BCUT2D eigenvalue weighted by Gasteiger charge is 2.21. The second-order valence-corrected chi connectivity index (χ2v) is 4.30. The van der Waals surface area contributed by atoms with Crippen LogP contribution < -0.4 is 0 Å². The summed E-state index contributed by atoms with van der Waals surface area (Å²) in [4.78, 5) is 12.5. The molecule has 1 unspecified atom stereocenters. The minimum absolute atomic E-state index is 0.0549. The molecule has 94 valence electrons. The predicted molar refractivity (Wildman–Crippen MR) is 64.6 cm³/mol. The van der Waals surface area contributed by atoms with E-state index in [0.717, 1.165) is 0 Å². The van der Waals surface area contributed by atoms with Crippen LogP contribution >= 0.6 is 11.6 Å². The van der Waals surface area contributed by atoms with Gasteiger partial charge >= 0.3 is 5.97 Å². The maximum atomic E-state index is 13.6. The molecule has 17 heavy (non-hydrogen) atoms. The van der Waals surface area contributed by atoms with E-state index in [2.05, 4.69) is 0 Å². The number of benzene rings is 1. The second kappa shape index (κ2) is 5.98. The minimum Gasteiger partial charge on any atom is -0.480 e. The molecule has 0 aliphatic rings. The van der Waals surface area contributed by atoms with E-state index in [1.54, 1.807) is 31.0 Å². The molecular weight excluding hydrogens is 245 g/mol. The molecule has 0 aliphatic heterocycles. The van der Waals surface area contributed by atoms with Crippen LogP contribution in [0.1, 0.15) is 18.9 Å². The summed E-state index contributed by atoms with van der Waals surface area (Å²) < 4.78 is 13.6. The maximum absolute atomic E-state index is 13.6. The Kier molecular flexibility index (Phi) is 4.90. The smallest absolute Gasteiger partial charge is 0.320 e. The minimum atomic E-state index is -0.905. The van der Waals surface area contributed by atoms with Gasteiger partial charge in [-0.3, -0.25) is 9.69 Å². The van der Waals surface area contributed by atoms with Crippen molar-refractivity contribution < 1.29 is 14.3 Å². The number of nitrogens with zero attached hydrogens (tertiary/aromatic N) is 1. The van der Waals surface area contributed by atoms with E-state index in [1.165, 1.54) is 6.07 Å². The molecule has 1 N–H and O–H groups in total.